The minimum atomic E-state index is -0.190. The van der Waals surface area contributed by atoms with Crippen LogP contribution >= 0.6 is 15.9 Å². The lowest BCUT2D eigenvalue weighted by molar-refractivity contribution is 0.102. The summed E-state index contributed by atoms with van der Waals surface area (Å²) in [6.45, 7) is 7.86. The summed E-state index contributed by atoms with van der Waals surface area (Å²) < 4.78 is 1.02. The second-order valence-electron chi connectivity index (χ2n) is 5.30. The number of halogens is 1. The second kappa shape index (κ2) is 6.35. The van der Waals surface area contributed by atoms with Gasteiger partial charge in [0.25, 0.3) is 5.91 Å². The highest BCUT2D eigenvalue weighted by Crippen LogP contribution is 2.21. The largest absolute Gasteiger partial charge is 0.322 e. The van der Waals surface area contributed by atoms with E-state index in [1.165, 1.54) is 0 Å². The van der Waals surface area contributed by atoms with E-state index < -0.39 is 0 Å². The zero-order chi connectivity index (χ0) is 15.6. The first kappa shape index (κ1) is 15.6. The fraction of sp³-hybridized carbons (Fsp3) is 0.312. The van der Waals surface area contributed by atoms with Crippen LogP contribution < -0.4 is 5.32 Å². The molecule has 0 atom stereocenters. The van der Waals surface area contributed by atoms with Gasteiger partial charge in [-0.1, -0.05) is 29.8 Å². The Morgan fingerprint density at radius 2 is 2.00 bits per heavy atom. The Labute approximate surface area is 133 Å². The van der Waals surface area contributed by atoms with Crippen LogP contribution in [0, 0.1) is 13.8 Å². The summed E-state index contributed by atoms with van der Waals surface area (Å²) in [6, 6.07) is 5.69. The lowest BCUT2D eigenvalue weighted by atomic mass is 10.1. The van der Waals surface area contributed by atoms with Gasteiger partial charge in [-0.15, -0.1) is 0 Å². The first-order chi connectivity index (χ1) is 9.88. The number of nitrogens with zero attached hydrogens (tertiary/aromatic N) is 2. The van der Waals surface area contributed by atoms with Crippen molar-refractivity contribution in [3.8, 4) is 0 Å². The maximum absolute atomic E-state index is 12.3. The number of carbonyl (C=O) groups excluding carboxylic acids is 1. The number of nitrogens with one attached hydrogen (secondary N) is 1. The highest BCUT2D eigenvalue weighted by atomic mass is 79.9. The Bertz CT molecular complexity index is 683. The zero-order valence-corrected chi connectivity index (χ0v) is 14.2. The summed E-state index contributed by atoms with van der Waals surface area (Å²) in [5, 5.41) is 2.88. The van der Waals surface area contributed by atoms with Crippen molar-refractivity contribution >= 4 is 27.5 Å². The molecule has 1 N–H and O–H groups in total. The highest BCUT2D eigenvalue weighted by Gasteiger charge is 2.13. The maximum Gasteiger partial charge on any atom is 0.259 e. The smallest absolute Gasteiger partial charge is 0.259 e. The van der Waals surface area contributed by atoms with Crippen molar-refractivity contribution in [2.24, 2.45) is 0 Å². The zero-order valence-electron chi connectivity index (χ0n) is 12.6. The minimum Gasteiger partial charge on any atom is -0.322 e. The number of hydrogen-bond acceptors (Lipinski definition) is 3. The molecule has 0 spiro atoms. The van der Waals surface area contributed by atoms with E-state index in [9.17, 15) is 4.79 Å². The van der Waals surface area contributed by atoms with Crippen LogP contribution in [0.2, 0.25) is 0 Å². The van der Waals surface area contributed by atoms with E-state index in [1.54, 1.807) is 6.20 Å². The average Bonchev–Trinajstić information content (AvgIpc) is 2.42. The first-order valence-corrected chi connectivity index (χ1v) is 7.59. The van der Waals surface area contributed by atoms with Gasteiger partial charge in [-0.3, -0.25) is 4.79 Å². The minimum absolute atomic E-state index is 0.190. The number of carbonyl (C=O) groups is 1. The second-order valence-corrected chi connectivity index (χ2v) is 6.15. The van der Waals surface area contributed by atoms with E-state index in [0.717, 1.165) is 21.5 Å². The third-order valence-corrected chi connectivity index (χ3v) is 4.06. The van der Waals surface area contributed by atoms with Crippen molar-refractivity contribution in [3.05, 3.63) is 51.5 Å². The van der Waals surface area contributed by atoms with E-state index in [-0.39, 0.29) is 11.8 Å². The molecular formula is C16H18BrN3O. The quantitative estimate of drug-likeness (QED) is 0.903. The van der Waals surface area contributed by atoms with Gasteiger partial charge in [0.2, 0.25) is 0 Å². The molecule has 21 heavy (non-hydrogen) atoms. The Kier molecular flexibility index (Phi) is 4.73. The summed E-state index contributed by atoms with van der Waals surface area (Å²) >= 11 is 3.44. The van der Waals surface area contributed by atoms with E-state index >= 15 is 0 Å². The number of amides is 1. The standard InChI is InChI=1S/C16H18BrN3O/c1-9(2)15-18-8-13(11(4)19-15)16(21)20-12-5-6-14(17)10(3)7-12/h5-9H,1-4H3,(H,20,21). The van der Waals surface area contributed by atoms with Gasteiger partial charge in [0.15, 0.2) is 0 Å². The molecule has 0 radical (unpaired) electrons. The SMILES string of the molecule is Cc1cc(NC(=O)c2cnc(C(C)C)nc2C)ccc1Br. The predicted octanol–water partition coefficient (Wildman–Crippen LogP) is 4.23. The maximum atomic E-state index is 12.3. The fourth-order valence-electron chi connectivity index (χ4n) is 1.91. The van der Waals surface area contributed by atoms with Crippen molar-refractivity contribution in [2.45, 2.75) is 33.6 Å². The van der Waals surface area contributed by atoms with E-state index in [0.29, 0.717) is 11.3 Å². The molecular weight excluding hydrogens is 330 g/mol. The Balaban J connectivity index is 2.22. The van der Waals surface area contributed by atoms with Crippen molar-refractivity contribution in [3.63, 3.8) is 0 Å². The average molecular weight is 348 g/mol. The molecule has 2 rings (SSSR count). The molecule has 1 amide bonds. The molecule has 110 valence electrons. The van der Waals surface area contributed by atoms with Crippen LogP contribution in [0.3, 0.4) is 0 Å². The van der Waals surface area contributed by atoms with E-state index in [1.807, 2.05) is 45.9 Å². The van der Waals surface area contributed by atoms with Crippen molar-refractivity contribution in [1.82, 2.24) is 9.97 Å². The first-order valence-electron chi connectivity index (χ1n) is 6.79. The monoisotopic (exact) mass is 347 g/mol. The van der Waals surface area contributed by atoms with E-state index in [2.05, 4.69) is 31.2 Å². The summed E-state index contributed by atoms with van der Waals surface area (Å²) in [6.07, 6.45) is 1.60. The molecule has 4 nitrogen and oxygen atoms in total. The number of rotatable bonds is 3. The van der Waals surface area contributed by atoms with Crippen molar-refractivity contribution < 1.29 is 4.79 Å². The molecule has 5 heteroatoms. The molecule has 0 aliphatic carbocycles. The Hall–Kier alpha value is -1.75. The van der Waals surface area contributed by atoms with Crippen LogP contribution in [0.4, 0.5) is 5.69 Å². The number of benzene rings is 1. The van der Waals surface area contributed by atoms with Crippen LogP contribution in [-0.2, 0) is 0 Å². The molecule has 0 aliphatic rings. The van der Waals surface area contributed by atoms with Crippen LogP contribution in [0.25, 0.3) is 0 Å². The van der Waals surface area contributed by atoms with Gasteiger partial charge < -0.3 is 5.32 Å². The van der Waals surface area contributed by atoms with Crippen LogP contribution in [0.5, 0.6) is 0 Å². The third-order valence-electron chi connectivity index (χ3n) is 3.17. The summed E-state index contributed by atoms with van der Waals surface area (Å²) in [5.74, 6) is 0.808. The van der Waals surface area contributed by atoms with Gasteiger partial charge >= 0.3 is 0 Å². The Morgan fingerprint density at radius 3 is 2.57 bits per heavy atom. The number of aryl methyl sites for hydroxylation is 2. The third kappa shape index (κ3) is 3.67. The van der Waals surface area contributed by atoms with Gasteiger partial charge in [-0.2, -0.15) is 0 Å². The molecule has 0 aliphatic heterocycles. The molecule has 1 aromatic heterocycles. The molecule has 0 saturated heterocycles. The molecule has 0 unspecified atom stereocenters. The lowest BCUT2D eigenvalue weighted by Gasteiger charge is -2.10. The van der Waals surface area contributed by atoms with Gasteiger partial charge in [-0.25, -0.2) is 9.97 Å². The molecule has 0 fully saturated rings. The van der Waals surface area contributed by atoms with Gasteiger partial charge in [0.1, 0.15) is 5.82 Å². The lowest BCUT2D eigenvalue weighted by Crippen LogP contribution is -2.16. The molecule has 0 bridgehead atoms. The topological polar surface area (TPSA) is 54.9 Å². The van der Waals surface area contributed by atoms with Crippen LogP contribution in [0.15, 0.2) is 28.9 Å². The number of aromatic nitrogens is 2. The van der Waals surface area contributed by atoms with E-state index in [4.69, 9.17) is 0 Å². The number of hydrogen-bond donors (Lipinski definition) is 1. The summed E-state index contributed by atoms with van der Waals surface area (Å²) in [5.41, 5.74) is 3.02. The van der Waals surface area contributed by atoms with Gasteiger partial charge in [-0.05, 0) is 37.6 Å². The molecule has 0 saturated carbocycles. The van der Waals surface area contributed by atoms with Gasteiger partial charge in [0.05, 0.1) is 11.3 Å². The van der Waals surface area contributed by atoms with Crippen molar-refractivity contribution in [1.29, 1.82) is 0 Å². The van der Waals surface area contributed by atoms with Crippen LogP contribution in [0.1, 0.15) is 47.2 Å². The Morgan fingerprint density at radius 1 is 1.29 bits per heavy atom. The fourth-order valence-corrected chi connectivity index (χ4v) is 2.15. The normalized spacial score (nSPS) is 10.8. The summed E-state index contributed by atoms with van der Waals surface area (Å²) in [7, 11) is 0. The van der Waals surface area contributed by atoms with Crippen LogP contribution in [-0.4, -0.2) is 15.9 Å². The molecule has 2 aromatic rings. The summed E-state index contributed by atoms with van der Waals surface area (Å²) in [4.78, 5) is 21.0. The predicted molar refractivity (Wildman–Crippen MR) is 87.7 cm³/mol. The van der Waals surface area contributed by atoms with Crippen molar-refractivity contribution in [2.75, 3.05) is 5.32 Å². The highest BCUT2D eigenvalue weighted by molar-refractivity contribution is 9.10. The number of anilines is 1. The molecule has 1 aromatic carbocycles. The molecule has 1 heterocycles. The van der Waals surface area contributed by atoms with Gasteiger partial charge in [0, 0.05) is 22.3 Å².